The second kappa shape index (κ2) is 6.67. The second-order valence-corrected chi connectivity index (χ2v) is 6.43. The lowest BCUT2D eigenvalue weighted by molar-refractivity contribution is 0.0963. The lowest BCUT2D eigenvalue weighted by Gasteiger charge is -2.40. The molecule has 3 unspecified atom stereocenters. The number of likely N-dealkylation sites (tertiary alicyclic amines) is 1. The average Bonchev–Trinajstić information content (AvgIpc) is 2.45. The fourth-order valence-corrected chi connectivity index (χ4v) is 3.08. The summed E-state index contributed by atoms with van der Waals surface area (Å²) < 4.78 is 0. The van der Waals surface area contributed by atoms with Crippen molar-refractivity contribution in [3.63, 3.8) is 0 Å². The topological polar surface area (TPSA) is 44.4 Å². The summed E-state index contributed by atoms with van der Waals surface area (Å²) in [6.07, 6.45) is 1.09. The van der Waals surface area contributed by atoms with E-state index in [9.17, 15) is 4.79 Å². The Morgan fingerprint density at radius 1 is 1.38 bits per heavy atom. The molecule has 1 heterocycles. The van der Waals surface area contributed by atoms with Crippen molar-refractivity contribution in [3.8, 4) is 0 Å². The zero-order valence-corrected chi connectivity index (χ0v) is 13.9. The molecular weight excluding hydrogens is 286 g/mol. The minimum atomic E-state index is -0.159. The fourth-order valence-electron chi connectivity index (χ4n) is 2.88. The van der Waals surface area contributed by atoms with Gasteiger partial charge >= 0.3 is 0 Å². The number of amides is 1. The standard InChI is InChI=1S/C16H24ClN3O/c1-10-9-20(4)11(2)7-15(10)19-12-5-6-14(17)13(8-12)16(21)18-3/h5-6,8,10-11,15,19H,7,9H2,1-4H3,(H,18,21). The molecule has 1 aliphatic rings. The molecule has 116 valence electrons. The van der Waals surface area contributed by atoms with Gasteiger partial charge in [-0.15, -0.1) is 0 Å². The van der Waals surface area contributed by atoms with Gasteiger partial charge in [0.15, 0.2) is 0 Å². The van der Waals surface area contributed by atoms with E-state index in [2.05, 4.69) is 36.4 Å². The number of nitrogens with one attached hydrogen (secondary N) is 2. The Hall–Kier alpha value is -1.26. The molecule has 1 aromatic rings. The number of anilines is 1. The number of hydrogen-bond donors (Lipinski definition) is 2. The molecular formula is C16H24ClN3O. The molecule has 5 heteroatoms. The number of piperidine rings is 1. The van der Waals surface area contributed by atoms with Crippen LogP contribution in [0.3, 0.4) is 0 Å². The van der Waals surface area contributed by atoms with Crippen molar-refractivity contribution in [2.75, 3.05) is 26.0 Å². The molecule has 0 saturated carbocycles. The summed E-state index contributed by atoms with van der Waals surface area (Å²) in [4.78, 5) is 14.2. The number of nitrogens with zero attached hydrogens (tertiary/aromatic N) is 1. The van der Waals surface area contributed by atoms with E-state index in [1.54, 1.807) is 13.1 Å². The van der Waals surface area contributed by atoms with Crippen LogP contribution < -0.4 is 10.6 Å². The molecule has 1 amide bonds. The molecule has 2 rings (SSSR count). The van der Waals surface area contributed by atoms with E-state index >= 15 is 0 Å². The summed E-state index contributed by atoms with van der Waals surface area (Å²) in [6.45, 7) is 5.59. The predicted octanol–water partition coefficient (Wildman–Crippen LogP) is 2.84. The van der Waals surface area contributed by atoms with Gasteiger partial charge < -0.3 is 15.5 Å². The van der Waals surface area contributed by atoms with Crippen molar-refractivity contribution in [3.05, 3.63) is 28.8 Å². The highest BCUT2D eigenvalue weighted by molar-refractivity contribution is 6.34. The van der Waals surface area contributed by atoms with E-state index in [-0.39, 0.29) is 5.91 Å². The third kappa shape index (κ3) is 3.69. The van der Waals surface area contributed by atoms with Gasteiger partial charge in [0.1, 0.15) is 0 Å². The summed E-state index contributed by atoms with van der Waals surface area (Å²) >= 11 is 6.09. The average molecular weight is 310 g/mol. The van der Waals surface area contributed by atoms with Crippen LogP contribution in [0.5, 0.6) is 0 Å². The molecule has 2 N–H and O–H groups in total. The quantitative estimate of drug-likeness (QED) is 0.902. The van der Waals surface area contributed by atoms with Crippen LogP contribution in [0, 0.1) is 5.92 Å². The summed E-state index contributed by atoms with van der Waals surface area (Å²) in [5.41, 5.74) is 1.46. The van der Waals surface area contributed by atoms with Crippen molar-refractivity contribution in [1.82, 2.24) is 10.2 Å². The van der Waals surface area contributed by atoms with Crippen LogP contribution in [0.2, 0.25) is 5.02 Å². The Morgan fingerprint density at radius 3 is 2.76 bits per heavy atom. The van der Waals surface area contributed by atoms with Gasteiger partial charge in [0.25, 0.3) is 5.91 Å². The van der Waals surface area contributed by atoms with E-state index in [4.69, 9.17) is 11.6 Å². The molecule has 0 bridgehead atoms. The smallest absolute Gasteiger partial charge is 0.252 e. The maximum Gasteiger partial charge on any atom is 0.252 e. The van der Waals surface area contributed by atoms with Crippen molar-refractivity contribution in [2.45, 2.75) is 32.4 Å². The molecule has 0 aliphatic carbocycles. The minimum absolute atomic E-state index is 0.159. The number of halogens is 1. The van der Waals surface area contributed by atoms with Gasteiger partial charge in [0.2, 0.25) is 0 Å². The van der Waals surface area contributed by atoms with Gasteiger partial charge in [-0.25, -0.2) is 0 Å². The third-order valence-electron chi connectivity index (χ3n) is 4.40. The lowest BCUT2D eigenvalue weighted by Crippen LogP contribution is -2.48. The van der Waals surface area contributed by atoms with Crippen LogP contribution in [0.25, 0.3) is 0 Å². The van der Waals surface area contributed by atoms with Crippen LogP contribution in [-0.2, 0) is 0 Å². The van der Waals surface area contributed by atoms with Crippen LogP contribution in [0.1, 0.15) is 30.6 Å². The molecule has 1 aliphatic heterocycles. The van der Waals surface area contributed by atoms with Gasteiger partial charge in [0.05, 0.1) is 10.6 Å². The first kappa shape index (κ1) is 16.1. The Bertz CT molecular complexity index is 520. The zero-order valence-electron chi connectivity index (χ0n) is 13.1. The van der Waals surface area contributed by atoms with Crippen LogP contribution in [0.15, 0.2) is 18.2 Å². The number of rotatable bonds is 3. The third-order valence-corrected chi connectivity index (χ3v) is 4.73. The lowest BCUT2D eigenvalue weighted by atomic mass is 9.89. The second-order valence-electron chi connectivity index (χ2n) is 6.03. The van der Waals surface area contributed by atoms with Gasteiger partial charge in [0, 0.05) is 31.4 Å². The first-order chi connectivity index (χ1) is 9.92. The molecule has 0 radical (unpaired) electrons. The van der Waals surface area contributed by atoms with Crippen LogP contribution in [-0.4, -0.2) is 43.5 Å². The SMILES string of the molecule is CNC(=O)c1cc(NC2CC(C)N(C)CC2C)ccc1Cl. The van der Waals surface area contributed by atoms with Crippen LogP contribution >= 0.6 is 11.6 Å². The number of hydrogen-bond acceptors (Lipinski definition) is 3. The normalized spacial score (nSPS) is 26.4. The highest BCUT2D eigenvalue weighted by atomic mass is 35.5. The van der Waals surface area contributed by atoms with E-state index in [0.29, 0.717) is 28.6 Å². The highest BCUT2D eigenvalue weighted by Crippen LogP contribution is 2.26. The molecule has 1 saturated heterocycles. The molecule has 1 fully saturated rings. The Labute approximate surface area is 131 Å². The summed E-state index contributed by atoms with van der Waals surface area (Å²) in [6, 6.07) is 6.51. The molecule has 4 nitrogen and oxygen atoms in total. The summed E-state index contributed by atoms with van der Waals surface area (Å²) in [7, 11) is 3.78. The Morgan fingerprint density at radius 2 is 2.10 bits per heavy atom. The van der Waals surface area contributed by atoms with Gasteiger partial charge in [-0.2, -0.15) is 0 Å². The number of carbonyl (C=O) groups excluding carboxylic acids is 1. The van der Waals surface area contributed by atoms with Gasteiger partial charge in [-0.05, 0) is 44.5 Å². The monoisotopic (exact) mass is 309 g/mol. The fraction of sp³-hybridized carbons (Fsp3) is 0.562. The first-order valence-corrected chi connectivity index (χ1v) is 7.78. The molecule has 3 atom stereocenters. The predicted molar refractivity (Wildman–Crippen MR) is 88.1 cm³/mol. The van der Waals surface area contributed by atoms with E-state index in [1.807, 2.05) is 12.1 Å². The molecule has 0 spiro atoms. The maximum atomic E-state index is 11.8. The Kier molecular flexibility index (Phi) is 5.12. The van der Waals surface area contributed by atoms with Crippen LogP contribution in [0.4, 0.5) is 5.69 Å². The number of carbonyl (C=O) groups is 1. The largest absolute Gasteiger partial charge is 0.382 e. The molecule has 1 aromatic carbocycles. The van der Waals surface area contributed by atoms with Crippen molar-refractivity contribution >= 4 is 23.2 Å². The Balaban J connectivity index is 2.14. The van der Waals surface area contributed by atoms with E-state index < -0.39 is 0 Å². The number of benzene rings is 1. The van der Waals surface area contributed by atoms with Gasteiger partial charge in [-0.3, -0.25) is 4.79 Å². The molecule has 0 aromatic heterocycles. The first-order valence-electron chi connectivity index (χ1n) is 7.40. The highest BCUT2D eigenvalue weighted by Gasteiger charge is 2.28. The van der Waals surface area contributed by atoms with Crippen molar-refractivity contribution in [1.29, 1.82) is 0 Å². The van der Waals surface area contributed by atoms with E-state index in [0.717, 1.165) is 18.7 Å². The maximum absolute atomic E-state index is 11.8. The zero-order chi connectivity index (χ0) is 15.6. The van der Waals surface area contributed by atoms with Crippen molar-refractivity contribution < 1.29 is 4.79 Å². The van der Waals surface area contributed by atoms with Gasteiger partial charge in [-0.1, -0.05) is 18.5 Å². The summed E-state index contributed by atoms with van der Waals surface area (Å²) in [5.74, 6) is 0.402. The summed E-state index contributed by atoms with van der Waals surface area (Å²) in [5, 5.41) is 6.66. The minimum Gasteiger partial charge on any atom is -0.382 e. The van der Waals surface area contributed by atoms with E-state index in [1.165, 1.54) is 0 Å². The molecule has 21 heavy (non-hydrogen) atoms. The van der Waals surface area contributed by atoms with Crippen molar-refractivity contribution in [2.24, 2.45) is 5.92 Å².